The molecule has 0 aromatic heterocycles. The SMILES string of the molecule is Cc1ccc(N2CCSCC2S(C)(=O)=O)c(CBr)c1. The van der Waals surface area contributed by atoms with Crippen molar-refractivity contribution in [2.45, 2.75) is 17.6 Å². The Balaban J connectivity index is 2.43. The Morgan fingerprint density at radius 1 is 1.47 bits per heavy atom. The summed E-state index contributed by atoms with van der Waals surface area (Å²) in [7, 11) is -3.07. The number of rotatable bonds is 3. The molecule has 1 aliphatic heterocycles. The van der Waals surface area contributed by atoms with Gasteiger partial charge in [-0.05, 0) is 18.6 Å². The molecule has 1 aromatic rings. The minimum Gasteiger partial charge on any atom is -0.353 e. The van der Waals surface area contributed by atoms with Gasteiger partial charge in [0, 0.05) is 35.3 Å². The second-order valence-corrected chi connectivity index (χ2v) is 8.73. The molecule has 106 valence electrons. The minimum atomic E-state index is -3.07. The lowest BCUT2D eigenvalue weighted by atomic mass is 10.1. The smallest absolute Gasteiger partial charge is 0.169 e. The van der Waals surface area contributed by atoms with Crippen LogP contribution in [0.4, 0.5) is 5.69 Å². The normalized spacial score (nSPS) is 20.6. The van der Waals surface area contributed by atoms with E-state index in [2.05, 4.69) is 28.9 Å². The molecule has 0 radical (unpaired) electrons. The Hall–Kier alpha value is -0.200. The number of hydrogen-bond acceptors (Lipinski definition) is 4. The van der Waals surface area contributed by atoms with Crippen LogP contribution in [0, 0.1) is 6.92 Å². The van der Waals surface area contributed by atoms with Crippen molar-refractivity contribution in [2.24, 2.45) is 0 Å². The van der Waals surface area contributed by atoms with Crippen molar-refractivity contribution in [3.8, 4) is 0 Å². The first-order chi connectivity index (χ1) is 8.93. The number of halogens is 1. The molecule has 1 heterocycles. The highest BCUT2D eigenvalue weighted by Gasteiger charge is 2.31. The maximum absolute atomic E-state index is 12.0. The van der Waals surface area contributed by atoms with Gasteiger partial charge >= 0.3 is 0 Å². The summed E-state index contributed by atoms with van der Waals surface area (Å²) in [4.78, 5) is 2.04. The van der Waals surface area contributed by atoms with Gasteiger partial charge in [0.1, 0.15) is 5.37 Å². The Morgan fingerprint density at radius 3 is 2.84 bits per heavy atom. The van der Waals surface area contributed by atoms with E-state index in [1.807, 2.05) is 17.0 Å². The number of aryl methyl sites for hydroxylation is 1. The lowest BCUT2D eigenvalue weighted by Gasteiger charge is -2.37. The monoisotopic (exact) mass is 363 g/mol. The Kier molecular flexibility index (Phi) is 4.84. The zero-order chi connectivity index (χ0) is 14.0. The Morgan fingerprint density at radius 2 is 2.21 bits per heavy atom. The number of nitrogens with zero attached hydrogens (tertiary/aromatic N) is 1. The molecule has 19 heavy (non-hydrogen) atoms. The fourth-order valence-electron chi connectivity index (χ4n) is 2.31. The average Bonchev–Trinajstić information content (AvgIpc) is 2.37. The summed E-state index contributed by atoms with van der Waals surface area (Å²) >= 11 is 5.21. The molecule has 0 amide bonds. The van der Waals surface area contributed by atoms with E-state index in [0.29, 0.717) is 5.75 Å². The molecule has 1 fully saturated rings. The van der Waals surface area contributed by atoms with Crippen LogP contribution in [0.5, 0.6) is 0 Å². The standard InChI is InChI=1S/C13H18BrNO2S2/c1-10-3-4-12(11(7-10)8-14)15-5-6-18-9-13(15)19(2,16)17/h3-4,7,13H,5-6,8-9H2,1-2H3. The highest BCUT2D eigenvalue weighted by atomic mass is 79.9. The van der Waals surface area contributed by atoms with Crippen LogP contribution in [0.2, 0.25) is 0 Å². The first kappa shape index (κ1) is 15.2. The maximum atomic E-state index is 12.0. The molecule has 2 rings (SSSR count). The van der Waals surface area contributed by atoms with Crippen molar-refractivity contribution in [1.29, 1.82) is 0 Å². The third-order valence-corrected chi connectivity index (χ3v) is 6.51. The largest absolute Gasteiger partial charge is 0.353 e. The van der Waals surface area contributed by atoms with Crippen molar-refractivity contribution in [2.75, 3.05) is 29.2 Å². The summed E-state index contributed by atoms with van der Waals surface area (Å²) in [5, 5.41) is 0.330. The fourth-order valence-corrected chi connectivity index (χ4v) is 5.59. The fraction of sp³-hybridized carbons (Fsp3) is 0.538. The van der Waals surface area contributed by atoms with Crippen molar-refractivity contribution in [1.82, 2.24) is 0 Å². The van der Waals surface area contributed by atoms with Crippen molar-refractivity contribution in [3.63, 3.8) is 0 Å². The van der Waals surface area contributed by atoms with Gasteiger partial charge in [-0.15, -0.1) is 0 Å². The van der Waals surface area contributed by atoms with Crippen LogP contribution in [0.3, 0.4) is 0 Å². The highest BCUT2D eigenvalue weighted by molar-refractivity contribution is 9.08. The van der Waals surface area contributed by atoms with Gasteiger partial charge in [-0.3, -0.25) is 0 Å². The number of anilines is 1. The summed E-state index contributed by atoms with van der Waals surface area (Å²) in [6.45, 7) is 2.83. The third-order valence-electron chi connectivity index (χ3n) is 3.27. The first-order valence-corrected chi connectivity index (χ1v) is 10.4. The first-order valence-electron chi connectivity index (χ1n) is 6.12. The average molecular weight is 364 g/mol. The van der Waals surface area contributed by atoms with Gasteiger partial charge in [0.25, 0.3) is 0 Å². The summed E-state index contributed by atoms with van der Waals surface area (Å²) in [5.41, 5.74) is 3.39. The molecule has 0 bridgehead atoms. The van der Waals surface area contributed by atoms with Gasteiger partial charge in [0.15, 0.2) is 9.84 Å². The minimum absolute atomic E-state index is 0.410. The van der Waals surface area contributed by atoms with E-state index < -0.39 is 15.2 Å². The van der Waals surface area contributed by atoms with Crippen LogP contribution >= 0.6 is 27.7 Å². The van der Waals surface area contributed by atoms with E-state index in [1.165, 1.54) is 11.8 Å². The van der Waals surface area contributed by atoms with Crippen LogP contribution in [0.15, 0.2) is 18.2 Å². The Labute approximate surface area is 127 Å². The molecule has 6 heteroatoms. The van der Waals surface area contributed by atoms with Gasteiger partial charge < -0.3 is 4.90 Å². The number of sulfone groups is 1. The molecular weight excluding hydrogens is 346 g/mol. The molecule has 1 unspecified atom stereocenters. The van der Waals surface area contributed by atoms with Crippen LogP contribution < -0.4 is 4.90 Å². The summed E-state index contributed by atoms with van der Waals surface area (Å²) in [5.74, 6) is 1.62. The maximum Gasteiger partial charge on any atom is 0.169 e. The van der Waals surface area contributed by atoms with Crippen molar-refractivity contribution in [3.05, 3.63) is 29.3 Å². The highest BCUT2D eigenvalue weighted by Crippen LogP contribution is 2.31. The van der Waals surface area contributed by atoms with E-state index >= 15 is 0 Å². The summed E-state index contributed by atoms with van der Waals surface area (Å²) in [6, 6.07) is 6.20. The van der Waals surface area contributed by atoms with Crippen molar-refractivity contribution < 1.29 is 8.42 Å². The van der Waals surface area contributed by atoms with E-state index in [-0.39, 0.29) is 0 Å². The molecule has 0 N–H and O–H groups in total. The van der Waals surface area contributed by atoms with Crippen LogP contribution in [0.1, 0.15) is 11.1 Å². The van der Waals surface area contributed by atoms with E-state index in [4.69, 9.17) is 0 Å². The number of alkyl halides is 1. The van der Waals surface area contributed by atoms with E-state index in [1.54, 1.807) is 11.8 Å². The predicted octanol–water partition coefficient (Wildman–Crippen LogP) is 2.81. The molecule has 1 atom stereocenters. The van der Waals surface area contributed by atoms with Crippen LogP contribution in [-0.2, 0) is 15.2 Å². The predicted molar refractivity (Wildman–Crippen MR) is 87.1 cm³/mol. The van der Waals surface area contributed by atoms with Gasteiger partial charge in [0.2, 0.25) is 0 Å². The second-order valence-electron chi connectivity index (χ2n) is 4.82. The Bertz CT molecular complexity index is 560. The molecule has 0 spiro atoms. The van der Waals surface area contributed by atoms with Gasteiger partial charge in [-0.1, -0.05) is 33.6 Å². The second kappa shape index (κ2) is 6.06. The molecule has 0 saturated carbocycles. The molecular formula is C13H18BrNO2S2. The zero-order valence-electron chi connectivity index (χ0n) is 11.1. The van der Waals surface area contributed by atoms with Gasteiger partial charge in [-0.25, -0.2) is 8.42 Å². The summed E-state index contributed by atoms with van der Waals surface area (Å²) < 4.78 is 23.9. The van der Waals surface area contributed by atoms with Crippen molar-refractivity contribution >= 4 is 43.2 Å². The van der Waals surface area contributed by atoms with Crippen LogP contribution in [-0.4, -0.2) is 38.1 Å². The lowest BCUT2D eigenvalue weighted by molar-refractivity contribution is 0.584. The molecule has 1 saturated heterocycles. The van der Waals surface area contributed by atoms with E-state index in [9.17, 15) is 8.42 Å². The zero-order valence-corrected chi connectivity index (χ0v) is 14.3. The molecule has 1 aromatic carbocycles. The quantitative estimate of drug-likeness (QED) is 0.773. The third kappa shape index (κ3) is 3.47. The summed E-state index contributed by atoms with van der Waals surface area (Å²) in [6.07, 6.45) is 1.33. The molecule has 0 aliphatic carbocycles. The number of hydrogen-bond donors (Lipinski definition) is 0. The molecule has 1 aliphatic rings. The number of benzene rings is 1. The van der Waals surface area contributed by atoms with Gasteiger partial charge in [-0.2, -0.15) is 11.8 Å². The molecule has 3 nitrogen and oxygen atoms in total. The van der Waals surface area contributed by atoms with E-state index in [0.717, 1.165) is 28.9 Å². The number of thioether (sulfide) groups is 1. The van der Waals surface area contributed by atoms with Gasteiger partial charge in [0.05, 0.1) is 0 Å². The topological polar surface area (TPSA) is 37.4 Å². The van der Waals surface area contributed by atoms with Crippen LogP contribution in [0.25, 0.3) is 0 Å². The lowest BCUT2D eigenvalue weighted by Crippen LogP contribution is -2.47.